The Kier molecular flexibility index (Phi) is 9.50. The number of amides is 1. The zero-order valence-corrected chi connectivity index (χ0v) is 16.7. The van der Waals surface area contributed by atoms with Gasteiger partial charge in [-0.2, -0.15) is 0 Å². The van der Waals surface area contributed by atoms with E-state index in [1.165, 1.54) is 11.0 Å². The summed E-state index contributed by atoms with van der Waals surface area (Å²) in [6, 6.07) is -0.449. The van der Waals surface area contributed by atoms with Crippen molar-refractivity contribution in [3.8, 4) is 0 Å². The molecule has 0 saturated carbocycles. The minimum atomic E-state index is -3.27. The molecule has 1 aliphatic heterocycles. The fourth-order valence-corrected chi connectivity index (χ4v) is 3.24. The van der Waals surface area contributed by atoms with Crippen molar-refractivity contribution < 1.29 is 33.7 Å². The van der Waals surface area contributed by atoms with Crippen LogP contribution in [0.15, 0.2) is 12.2 Å². The Hall–Kier alpha value is -1.54. The molecule has 0 aromatic heterocycles. The second-order valence-corrected chi connectivity index (χ2v) is 7.76. The van der Waals surface area contributed by atoms with Crippen molar-refractivity contribution in [3.05, 3.63) is 12.2 Å². The number of carboxylic acids is 1. The molecule has 0 bridgehead atoms. The molecule has 0 spiro atoms. The zero-order chi connectivity index (χ0) is 21.4. The number of carboxylic acid groups (broad SMARTS) is 1. The molecule has 0 aromatic carbocycles. The third-order valence-electron chi connectivity index (χ3n) is 5.19. The number of aliphatic hydroxyl groups is 2. The zero-order valence-electron chi connectivity index (χ0n) is 16.7. The molecule has 1 amide bonds. The number of unbranched alkanes of at least 4 members (excludes halogenated alkanes) is 2. The summed E-state index contributed by atoms with van der Waals surface area (Å²) in [4.78, 5) is 24.0. The van der Waals surface area contributed by atoms with Crippen LogP contribution in [0.2, 0.25) is 0 Å². The van der Waals surface area contributed by atoms with Crippen LogP contribution >= 0.6 is 0 Å². The summed E-state index contributed by atoms with van der Waals surface area (Å²) in [5.41, 5.74) is -2.31. The molecule has 0 radical (unpaired) electrons. The molecule has 1 saturated heterocycles. The molecule has 6 nitrogen and oxygen atoms in total. The van der Waals surface area contributed by atoms with Crippen molar-refractivity contribution in [2.45, 2.75) is 95.3 Å². The molecule has 8 heteroatoms. The van der Waals surface area contributed by atoms with E-state index in [0.29, 0.717) is 38.5 Å². The van der Waals surface area contributed by atoms with Crippen molar-refractivity contribution in [1.29, 1.82) is 0 Å². The van der Waals surface area contributed by atoms with Gasteiger partial charge in [-0.25, -0.2) is 8.78 Å². The molecule has 0 aromatic rings. The van der Waals surface area contributed by atoms with Gasteiger partial charge in [-0.05, 0) is 38.7 Å². The fourth-order valence-electron chi connectivity index (χ4n) is 3.24. The standard InChI is InChI=1S/C20H33F2NO5/c1-3-4-12-20(21,22)19(2,28)13-11-15-9-10-17(25)23(15)14-16(24)7-5-6-8-18(26)27/h11,13,15-16,24,28H,3-10,12,14H2,1-2H3,(H,26,27). The number of alkyl halides is 2. The lowest BCUT2D eigenvalue weighted by atomic mass is 9.92. The van der Waals surface area contributed by atoms with Gasteiger partial charge in [-0.1, -0.05) is 25.8 Å². The van der Waals surface area contributed by atoms with Gasteiger partial charge in [0.15, 0.2) is 0 Å². The van der Waals surface area contributed by atoms with Crippen LogP contribution < -0.4 is 0 Å². The van der Waals surface area contributed by atoms with E-state index in [2.05, 4.69) is 0 Å². The van der Waals surface area contributed by atoms with Crippen LogP contribution in [-0.2, 0) is 9.59 Å². The predicted octanol–water partition coefficient (Wildman–Crippen LogP) is 3.12. The third kappa shape index (κ3) is 7.47. The van der Waals surface area contributed by atoms with E-state index in [4.69, 9.17) is 5.11 Å². The van der Waals surface area contributed by atoms with Gasteiger partial charge >= 0.3 is 5.97 Å². The number of carbonyl (C=O) groups is 2. The fraction of sp³-hybridized carbons (Fsp3) is 0.800. The van der Waals surface area contributed by atoms with Crippen molar-refractivity contribution in [3.63, 3.8) is 0 Å². The molecule has 0 aliphatic carbocycles. The van der Waals surface area contributed by atoms with Gasteiger partial charge in [-0.15, -0.1) is 0 Å². The highest BCUT2D eigenvalue weighted by molar-refractivity contribution is 5.79. The lowest BCUT2D eigenvalue weighted by molar-refractivity contribution is -0.150. The van der Waals surface area contributed by atoms with E-state index in [1.807, 2.05) is 0 Å². The van der Waals surface area contributed by atoms with Crippen molar-refractivity contribution in [2.75, 3.05) is 6.54 Å². The van der Waals surface area contributed by atoms with Gasteiger partial charge in [0.2, 0.25) is 5.91 Å². The maximum atomic E-state index is 14.2. The van der Waals surface area contributed by atoms with Gasteiger partial charge in [0.25, 0.3) is 5.92 Å². The SMILES string of the molecule is CCCCC(F)(F)C(C)(O)C=CC1CCC(=O)N1CC(O)CCCCC(=O)O. The van der Waals surface area contributed by atoms with Crippen LogP contribution in [0.4, 0.5) is 8.78 Å². The van der Waals surface area contributed by atoms with Crippen LogP contribution in [-0.4, -0.2) is 62.3 Å². The first-order valence-electron chi connectivity index (χ1n) is 9.99. The van der Waals surface area contributed by atoms with Crippen LogP contribution in [0.5, 0.6) is 0 Å². The normalized spacial score (nSPS) is 21.3. The van der Waals surface area contributed by atoms with Crippen molar-refractivity contribution in [1.82, 2.24) is 4.90 Å². The number of rotatable bonds is 13. The van der Waals surface area contributed by atoms with Gasteiger partial charge < -0.3 is 20.2 Å². The summed E-state index contributed by atoms with van der Waals surface area (Å²) in [7, 11) is 0. The minimum absolute atomic E-state index is 0.0298. The van der Waals surface area contributed by atoms with Crippen LogP contribution in [0.3, 0.4) is 0 Å². The lowest BCUT2D eigenvalue weighted by Gasteiger charge is -2.31. The number of aliphatic carboxylic acids is 1. The van der Waals surface area contributed by atoms with Crippen molar-refractivity contribution in [2.24, 2.45) is 0 Å². The highest BCUT2D eigenvalue weighted by Crippen LogP contribution is 2.35. The van der Waals surface area contributed by atoms with Gasteiger partial charge in [-0.3, -0.25) is 9.59 Å². The van der Waals surface area contributed by atoms with Crippen molar-refractivity contribution >= 4 is 11.9 Å². The second-order valence-electron chi connectivity index (χ2n) is 7.76. The summed E-state index contributed by atoms with van der Waals surface area (Å²) >= 11 is 0. The van der Waals surface area contributed by atoms with Crippen LogP contribution in [0, 0.1) is 0 Å². The summed E-state index contributed by atoms with van der Waals surface area (Å²) in [5, 5.41) is 29.0. The molecule has 1 aliphatic rings. The Morgan fingerprint density at radius 1 is 1.36 bits per heavy atom. The molecule has 3 atom stereocenters. The molecule has 28 heavy (non-hydrogen) atoms. The Balaban J connectivity index is 2.65. The summed E-state index contributed by atoms with van der Waals surface area (Å²) < 4.78 is 28.4. The molecular formula is C20H33F2NO5. The number of halogens is 2. The van der Waals surface area contributed by atoms with Crippen LogP contribution in [0.25, 0.3) is 0 Å². The highest BCUT2D eigenvalue weighted by Gasteiger charge is 2.46. The van der Waals surface area contributed by atoms with E-state index in [-0.39, 0.29) is 25.3 Å². The number of carbonyl (C=O) groups excluding carboxylic acids is 1. The monoisotopic (exact) mass is 405 g/mol. The van der Waals surface area contributed by atoms with E-state index in [1.54, 1.807) is 6.92 Å². The first-order valence-corrected chi connectivity index (χ1v) is 9.99. The number of hydrogen-bond donors (Lipinski definition) is 3. The first kappa shape index (κ1) is 24.5. The minimum Gasteiger partial charge on any atom is -0.481 e. The Morgan fingerprint density at radius 2 is 2.04 bits per heavy atom. The molecule has 3 unspecified atom stereocenters. The maximum absolute atomic E-state index is 14.2. The summed E-state index contributed by atoms with van der Waals surface area (Å²) in [5.74, 6) is -4.33. The Morgan fingerprint density at radius 3 is 2.64 bits per heavy atom. The van der Waals surface area contributed by atoms with Gasteiger partial charge in [0, 0.05) is 25.8 Å². The molecule has 1 rings (SSSR count). The van der Waals surface area contributed by atoms with E-state index in [9.17, 15) is 28.6 Å². The summed E-state index contributed by atoms with van der Waals surface area (Å²) in [6.45, 7) is 2.93. The van der Waals surface area contributed by atoms with Crippen LogP contribution in [0.1, 0.15) is 71.6 Å². The average molecular weight is 405 g/mol. The Labute approximate surface area is 165 Å². The maximum Gasteiger partial charge on any atom is 0.303 e. The summed E-state index contributed by atoms with van der Waals surface area (Å²) in [6.07, 6.45) is 4.24. The number of aliphatic hydroxyl groups excluding tert-OH is 1. The number of hydrogen-bond acceptors (Lipinski definition) is 4. The average Bonchev–Trinajstić information content (AvgIpc) is 2.95. The molecular weight excluding hydrogens is 372 g/mol. The molecule has 1 fully saturated rings. The molecule has 1 heterocycles. The molecule has 3 N–H and O–H groups in total. The second kappa shape index (κ2) is 10.9. The highest BCUT2D eigenvalue weighted by atomic mass is 19.3. The van der Waals surface area contributed by atoms with E-state index >= 15 is 0 Å². The number of β-amino-alcohol motifs (C(OH)–C–C–N with tert-alkyl or cyclic N) is 1. The lowest BCUT2D eigenvalue weighted by Crippen LogP contribution is -2.44. The van der Waals surface area contributed by atoms with Gasteiger partial charge in [0.05, 0.1) is 12.1 Å². The predicted molar refractivity (Wildman–Crippen MR) is 101 cm³/mol. The Bertz CT molecular complexity index is 551. The number of likely N-dealkylation sites (tertiary alicyclic amines) is 1. The number of nitrogens with zero attached hydrogens (tertiary/aromatic N) is 1. The quantitative estimate of drug-likeness (QED) is 0.323. The smallest absolute Gasteiger partial charge is 0.303 e. The topological polar surface area (TPSA) is 98.1 Å². The van der Waals surface area contributed by atoms with Gasteiger partial charge in [0.1, 0.15) is 5.60 Å². The molecule has 162 valence electrons. The van der Waals surface area contributed by atoms with E-state index in [0.717, 1.165) is 13.0 Å². The third-order valence-corrected chi connectivity index (χ3v) is 5.19. The van der Waals surface area contributed by atoms with E-state index < -0.39 is 36.1 Å². The largest absolute Gasteiger partial charge is 0.481 e. The first-order chi connectivity index (χ1) is 13.0.